The molecule has 0 saturated carbocycles. The Morgan fingerprint density at radius 3 is 2.36 bits per heavy atom. The van der Waals surface area contributed by atoms with Crippen molar-refractivity contribution >= 4 is 16.0 Å². The first-order chi connectivity index (χ1) is 11.6. The van der Waals surface area contributed by atoms with Gasteiger partial charge in [0, 0.05) is 5.54 Å². The van der Waals surface area contributed by atoms with Crippen LogP contribution in [0.1, 0.15) is 35.3 Å². The summed E-state index contributed by atoms with van der Waals surface area (Å²) in [6.07, 6.45) is 0.544. The maximum absolute atomic E-state index is 12.7. The van der Waals surface area contributed by atoms with Gasteiger partial charge in [0.2, 0.25) is 10.0 Å². The van der Waals surface area contributed by atoms with E-state index in [2.05, 4.69) is 4.72 Å². The second-order valence-electron chi connectivity index (χ2n) is 6.62. The monoisotopic (exact) mass is 361 g/mol. The summed E-state index contributed by atoms with van der Waals surface area (Å²) >= 11 is 0. The van der Waals surface area contributed by atoms with Crippen molar-refractivity contribution in [1.82, 2.24) is 4.72 Å². The summed E-state index contributed by atoms with van der Waals surface area (Å²) in [6, 6.07) is 14.1. The highest BCUT2D eigenvalue weighted by atomic mass is 32.2. The van der Waals surface area contributed by atoms with Gasteiger partial charge in [0.1, 0.15) is 0 Å². The van der Waals surface area contributed by atoms with Gasteiger partial charge in [0.15, 0.2) is 0 Å². The molecule has 0 aromatic heterocycles. The smallest absolute Gasteiger partial charge is 0.338 e. The van der Waals surface area contributed by atoms with Gasteiger partial charge in [-0.25, -0.2) is 17.9 Å². The van der Waals surface area contributed by atoms with Gasteiger partial charge in [-0.1, -0.05) is 36.4 Å². The first-order valence-corrected chi connectivity index (χ1v) is 9.40. The fourth-order valence-electron chi connectivity index (χ4n) is 2.66. The van der Waals surface area contributed by atoms with E-state index in [1.165, 1.54) is 19.2 Å². The maximum atomic E-state index is 12.7. The number of aryl methyl sites for hydroxylation is 1. The molecular formula is C19H23NO4S. The van der Waals surface area contributed by atoms with Gasteiger partial charge in [-0.15, -0.1) is 0 Å². The molecule has 0 saturated heterocycles. The van der Waals surface area contributed by atoms with Crippen molar-refractivity contribution < 1.29 is 17.9 Å². The van der Waals surface area contributed by atoms with E-state index in [-0.39, 0.29) is 10.5 Å². The van der Waals surface area contributed by atoms with Gasteiger partial charge in [0.25, 0.3) is 0 Å². The van der Waals surface area contributed by atoms with Gasteiger partial charge in [-0.3, -0.25) is 0 Å². The number of hydrogen-bond donors (Lipinski definition) is 1. The number of nitrogens with one attached hydrogen (secondary N) is 1. The molecule has 0 aliphatic rings. The third kappa shape index (κ3) is 4.90. The quantitative estimate of drug-likeness (QED) is 0.803. The summed E-state index contributed by atoms with van der Waals surface area (Å²) in [5.74, 6) is -0.557. The Kier molecular flexibility index (Phi) is 5.65. The number of benzene rings is 2. The maximum Gasteiger partial charge on any atom is 0.338 e. The average Bonchev–Trinajstić information content (AvgIpc) is 2.53. The Morgan fingerprint density at radius 1 is 1.12 bits per heavy atom. The molecule has 2 aromatic rings. The van der Waals surface area contributed by atoms with Crippen molar-refractivity contribution in [2.45, 2.75) is 37.6 Å². The molecular weight excluding hydrogens is 338 g/mol. The zero-order valence-electron chi connectivity index (χ0n) is 14.9. The zero-order chi connectivity index (χ0) is 18.7. The molecule has 0 aliphatic carbocycles. The van der Waals surface area contributed by atoms with Crippen LogP contribution in [0.5, 0.6) is 0 Å². The topological polar surface area (TPSA) is 72.5 Å². The zero-order valence-corrected chi connectivity index (χ0v) is 15.7. The SMILES string of the molecule is COC(=O)c1cc(S(=O)(=O)NC(C)(C)Cc2ccccc2)ccc1C. The Labute approximate surface area is 149 Å². The molecule has 25 heavy (non-hydrogen) atoms. The van der Waals surface area contributed by atoms with Gasteiger partial charge in [-0.05, 0) is 50.5 Å². The molecule has 5 nitrogen and oxygen atoms in total. The number of carbonyl (C=O) groups is 1. The highest BCUT2D eigenvalue weighted by molar-refractivity contribution is 7.89. The lowest BCUT2D eigenvalue weighted by molar-refractivity contribution is 0.0599. The van der Waals surface area contributed by atoms with E-state index in [9.17, 15) is 13.2 Å². The van der Waals surface area contributed by atoms with E-state index in [0.29, 0.717) is 12.0 Å². The standard InChI is InChI=1S/C19H23NO4S/c1-14-10-11-16(12-17(14)18(21)24-4)25(22,23)20-19(2,3)13-15-8-6-5-7-9-15/h5-12,20H,13H2,1-4H3. The van der Waals surface area contributed by atoms with Crippen LogP contribution in [0.25, 0.3) is 0 Å². The van der Waals surface area contributed by atoms with E-state index in [1.807, 2.05) is 44.2 Å². The molecule has 0 aliphatic heterocycles. The Hall–Kier alpha value is -2.18. The lowest BCUT2D eigenvalue weighted by atomic mass is 9.96. The average molecular weight is 361 g/mol. The van der Waals surface area contributed by atoms with E-state index in [0.717, 1.165) is 5.56 Å². The van der Waals surface area contributed by atoms with Crippen molar-refractivity contribution in [3.63, 3.8) is 0 Å². The summed E-state index contributed by atoms with van der Waals surface area (Å²) in [5, 5.41) is 0. The molecule has 0 spiro atoms. The Morgan fingerprint density at radius 2 is 1.76 bits per heavy atom. The van der Waals surface area contributed by atoms with E-state index in [4.69, 9.17) is 4.74 Å². The van der Waals surface area contributed by atoms with Crippen LogP contribution in [0.15, 0.2) is 53.4 Å². The largest absolute Gasteiger partial charge is 0.465 e. The highest BCUT2D eigenvalue weighted by Crippen LogP contribution is 2.20. The second-order valence-corrected chi connectivity index (χ2v) is 8.30. The number of methoxy groups -OCH3 is 1. The number of sulfonamides is 1. The van der Waals surface area contributed by atoms with Crippen molar-refractivity contribution in [2.24, 2.45) is 0 Å². The molecule has 0 fully saturated rings. The Bertz CT molecular complexity index is 858. The summed E-state index contributed by atoms with van der Waals surface area (Å²) in [5.41, 5.74) is 1.26. The van der Waals surface area contributed by atoms with Gasteiger partial charge >= 0.3 is 5.97 Å². The fourth-order valence-corrected chi connectivity index (χ4v) is 4.10. The number of carbonyl (C=O) groups excluding carboxylic acids is 1. The molecule has 0 atom stereocenters. The molecule has 134 valence electrons. The summed E-state index contributed by atoms with van der Waals surface area (Å²) < 4.78 is 32.9. The first-order valence-electron chi connectivity index (χ1n) is 7.91. The molecule has 0 amide bonds. The highest BCUT2D eigenvalue weighted by Gasteiger charge is 2.27. The van der Waals surface area contributed by atoms with Crippen LogP contribution >= 0.6 is 0 Å². The lowest BCUT2D eigenvalue weighted by Crippen LogP contribution is -2.45. The van der Waals surface area contributed by atoms with E-state index in [1.54, 1.807) is 13.0 Å². The number of esters is 1. The Balaban J connectivity index is 2.28. The van der Waals surface area contributed by atoms with Crippen molar-refractivity contribution in [3.05, 3.63) is 65.2 Å². The van der Waals surface area contributed by atoms with Crippen LogP contribution in [-0.4, -0.2) is 27.0 Å². The van der Waals surface area contributed by atoms with Gasteiger partial charge in [0.05, 0.1) is 17.6 Å². The molecule has 0 radical (unpaired) electrons. The lowest BCUT2D eigenvalue weighted by Gasteiger charge is -2.26. The molecule has 2 aromatic carbocycles. The van der Waals surface area contributed by atoms with Crippen LogP contribution in [-0.2, 0) is 21.2 Å². The molecule has 0 heterocycles. The van der Waals surface area contributed by atoms with Crippen LogP contribution in [0.3, 0.4) is 0 Å². The first kappa shape index (κ1) is 19.1. The van der Waals surface area contributed by atoms with Crippen LogP contribution in [0.4, 0.5) is 0 Å². The minimum atomic E-state index is -3.78. The summed E-state index contributed by atoms with van der Waals surface area (Å²) in [7, 11) is -2.51. The number of hydrogen-bond acceptors (Lipinski definition) is 4. The third-order valence-corrected chi connectivity index (χ3v) is 5.52. The molecule has 2 rings (SSSR count). The number of ether oxygens (including phenoxy) is 1. The third-order valence-electron chi connectivity index (χ3n) is 3.82. The summed E-state index contributed by atoms with van der Waals surface area (Å²) in [4.78, 5) is 11.8. The van der Waals surface area contributed by atoms with Crippen molar-refractivity contribution in [1.29, 1.82) is 0 Å². The molecule has 1 N–H and O–H groups in total. The normalized spacial score (nSPS) is 12.0. The van der Waals surface area contributed by atoms with Crippen molar-refractivity contribution in [2.75, 3.05) is 7.11 Å². The molecule has 0 unspecified atom stereocenters. The minimum absolute atomic E-state index is 0.0413. The minimum Gasteiger partial charge on any atom is -0.465 e. The van der Waals surface area contributed by atoms with Crippen molar-refractivity contribution in [3.8, 4) is 0 Å². The predicted octanol–water partition coefficient (Wildman–Crippen LogP) is 3.08. The van der Waals surface area contributed by atoms with E-state index >= 15 is 0 Å². The second kappa shape index (κ2) is 7.37. The van der Waals surface area contributed by atoms with Crippen LogP contribution in [0.2, 0.25) is 0 Å². The number of rotatable bonds is 6. The van der Waals surface area contributed by atoms with E-state index < -0.39 is 21.5 Å². The molecule has 0 bridgehead atoms. The fraction of sp³-hybridized carbons (Fsp3) is 0.316. The van der Waals surface area contributed by atoms with Crippen LogP contribution in [0, 0.1) is 6.92 Å². The summed E-state index contributed by atoms with van der Waals surface area (Å²) in [6.45, 7) is 5.38. The van der Waals surface area contributed by atoms with Gasteiger partial charge < -0.3 is 4.74 Å². The molecule has 6 heteroatoms. The van der Waals surface area contributed by atoms with Crippen LogP contribution < -0.4 is 4.72 Å². The predicted molar refractivity (Wildman–Crippen MR) is 97.1 cm³/mol. The van der Waals surface area contributed by atoms with Gasteiger partial charge in [-0.2, -0.15) is 0 Å².